The van der Waals surface area contributed by atoms with Crippen LogP contribution in [0.3, 0.4) is 0 Å². The maximum absolute atomic E-state index is 12.8. The van der Waals surface area contributed by atoms with Crippen molar-refractivity contribution >= 4 is 23.3 Å². The number of nitrogen functional groups attached to an aromatic ring is 1. The van der Waals surface area contributed by atoms with E-state index >= 15 is 0 Å². The molecule has 1 aromatic heterocycles. The maximum atomic E-state index is 12.8. The maximum Gasteiger partial charge on any atom is 0.274 e. The molecule has 126 valence electrons. The highest BCUT2D eigenvalue weighted by molar-refractivity contribution is 6.32. The third kappa shape index (κ3) is 3.52. The van der Waals surface area contributed by atoms with E-state index < -0.39 is 5.56 Å². The number of aromatic nitrogens is 2. The Morgan fingerprint density at radius 1 is 1.30 bits per heavy atom. The molecule has 2 aliphatic carbocycles. The fourth-order valence-electron chi connectivity index (χ4n) is 3.40. The van der Waals surface area contributed by atoms with E-state index in [1.807, 2.05) is 4.90 Å². The molecular formula is C16H23ClN4O2. The lowest BCUT2D eigenvalue weighted by molar-refractivity contribution is -0.135. The summed E-state index contributed by atoms with van der Waals surface area (Å²) in [4.78, 5) is 30.8. The molecule has 23 heavy (non-hydrogen) atoms. The second-order valence-corrected chi connectivity index (χ2v) is 7.20. The molecule has 1 aromatic rings. The second kappa shape index (κ2) is 6.51. The highest BCUT2D eigenvalue weighted by atomic mass is 35.5. The molecule has 1 heterocycles. The van der Waals surface area contributed by atoms with Crippen LogP contribution in [0.25, 0.3) is 0 Å². The standard InChI is InChI=1S/C16H23ClN4O2/c1-10-2-4-11(5-3-10)21(12-6-7-12)13(22)8-20-9-19-15(18)14(17)16(20)23/h9-12H,2-8,18H2,1H3. The van der Waals surface area contributed by atoms with Crippen LogP contribution in [0.15, 0.2) is 11.1 Å². The summed E-state index contributed by atoms with van der Waals surface area (Å²) in [5.41, 5.74) is 5.06. The van der Waals surface area contributed by atoms with Gasteiger partial charge in [-0.05, 0) is 44.4 Å². The molecular weight excluding hydrogens is 316 g/mol. The Hall–Kier alpha value is -1.56. The molecule has 2 N–H and O–H groups in total. The van der Waals surface area contributed by atoms with E-state index in [2.05, 4.69) is 11.9 Å². The molecule has 2 fully saturated rings. The van der Waals surface area contributed by atoms with Gasteiger partial charge in [-0.15, -0.1) is 0 Å². The molecule has 1 amide bonds. The molecule has 0 unspecified atom stereocenters. The van der Waals surface area contributed by atoms with E-state index in [0.717, 1.165) is 44.4 Å². The van der Waals surface area contributed by atoms with Gasteiger partial charge in [0.1, 0.15) is 23.7 Å². The minimum Gasteiger partial charge on any atom is -0.382 e. The summed E-state index contributed by atoms with van der Waals surface area (Å²) >= 11 is 5.84. The number of hydrogen-bond acceptors (Lipinski definition) is 4. The van der Waals surface area contributed by atoms with Crippen LogP contribution >= 0.6 is 11.6 Å². The Labute approximate surface area is 140 Å². The van der Waals surface area contributed by atoms with E-state index in [0.29, 0.717) is 12.1 Å². The van der Waals surface area contributed by atoms with Gasteiger partial charge in [-0.2, -0.15) is 0 Å². The van der Waals surface area contributed by atoms with Gasteiger partial charge in [0.2, 0.25) is 5.91 Å². The predicted molar refractivity (Wildman–Crippen MR) is 89.2 cm³/mol. The minimum atomic E-state index is -0.458. The SMILES string of the molecule is CC1CCC(N(C(=O)Cn2cnc(N)c(Cl)c2=O)C2CC2)CC1. The lowest BCUT2D eigenvalue weighted by Crippen LogP contribution is -2.46. The monoisotopic (exact) mass is 338 g/mol. The predicted octanol–water partition coefficient (Wildman–Crippen LogP) is 2.05. The Balaban J connectivity index is 1.75. The zero-order valence-corrected chi connectivity index (χ0v) is 14.1. The molecule has 7 heteroatoms. The highest BCUT2D eigenvalue weighted by Gasteiger charge is 2.38. The summed E-state index contributed by atoms with van der Waals surface area (Å²) in [6.07, 6.45) is 7.86. The van der Waals surface area contributed by atoms with E-state index in [4.69, 9.17) is 17.3 Å². The Morgan fingerprint density at radius 2 is 1.87 bits per heavy atom. The van der Waals surface area contributed by atoms with Gasteiger partial charge in [-0.3, -0.25) is 14.2 Å². The Morgan fingerprint density at radius 3 is 2.43 bits per heavy atom. The summed E-state index contributed by atoms with van der Waals surface area (Å²) in [6, 6.07) is 0.646. The van der Waals surface area contributed by atoms with Gasteiger partial charge in [-0.25, -0.2) is 4.98 Å². The summed E-state index contributed by atoms with van der Waals surface area (Å²) in [5, 5.41) is -0.121. The normalized spacial score (nSPS) is 24.4. The van der Waals surface area contributed by atoms with Crippen LogP contribution in [0, 0.1) is 5.92 Å². The van der Waals surface area contributed by atoms with Crippen LogP contribution < -0.4 is 11.3 Å². The number of halogens is 1. The average Bonchev–Trinajstić information content (AvgIpc) is 3.35. The van der Waals surface area contributed by atoms with Crippen molar-refractivity contribution in [3.8, 4) is 0 Å². The molecule has 0 aromatic carbocycles. The molecule has 2 saturated carbocycles. The molecule has 0 bridgehead atoms. The third-order valence-corrected chi connectivity index (χ3v) is 5.28. The van der Waals surface area contributed by atoms with Crippen LogP contribution in [0.1, 0.15) is 45.4 Å². The van der Waals surface area contributed by atoms with E-state index in [9.17, 15) is 9.59 Å². The van der Waals surface area contributed by atoms with Crippen molar-refractivity contribution < 1.29 is 4.79 Å². The highest BCUT2D eigenvalue weighted by Crippen LogP contribution is 2.35. The van der Waals surface area contributed by atoms with Crippen molar-refractivity contribution in [2.75, 3.05) is 5.73 Å². The first-order chi connectivity index (χ1) is 11.0. The van der Waals surface area contributed by atoms with Crippen LogP contribution in [0.5, 0.6) is 0 Å². The fourth-order valence-corrected chi connectivity index (χ4v) is 3.55. The zero-order chi connectivity index (χ0) is 16.6. The summed E-state index contributed by atoms with van der Waals surface area (Å²) in [5.74, 6) is 0.725. The largest absolute Gasteiger partial charge is 0.382 e. The number of carbonyl (C=O) groups excluding carboxylic acids is 1. The van der Waals surface area contributed by atoms with Crippen LogP contribution in [-0.2, 0) is 11.3 Å². The summed E-state index contributed by atoms with van der Waals surface area (Å²) in [7, 11) is 0. The van der Waals surface area contributed by atoms with Gasteiger partial charge >= 0.3 is 0 Å². The molecule has 6 nitrogen and oxygen atoms in total. The van der Waals surface area contributed by atoms with Crippen LogP contribution in [-0.4, -0.2) is 32.4 Å². The second-order valence-electron chi connectivity index (χ2n) is 6.82. The van der Waals surface area contributed by atoms with Crippen molar-refractivity contribution in [3.63, 3.8) is 0 Å². The van der Waals surface area contributed by atoms with E-state index in [1.54, 1.807) is 0 Å². The molecule has 0 radical (unpaired) electrons. The molecule has 3 rings (SSSR count). The molecule has 0 aliphatic heterocycles. The lowest BCUT2D eigenvalue weighted by Gasteiger charge is -2.36. The first-order valence-electron chi connectivity index (χ1n) is 8.29. The molecule has 0 saturated heterocycles. The minimum absolute atomic E-state index is 0.000632. The first-order valence-corrected chi connectivity index (χ1v) is 8.66. The van der Waals surface area contributed by atoms with Crippen molar-refractivity contribution in [2.45, 2.75) is 64.1 Å². The summed E-state index contributed by atoms with van der Waals surface area (Å²) < 4.78 is 1.25. The van der Waals surface area contributed by atoms with E-state index in [-0.39, 0.29) is 23.3 Å². The lowest BCUT2D eigenvalue weighted by atomic mass is 9.86. The van der Waals surface area contributed by atoms with Gasteiger partial charge in [-0.1, -0.05) is 18.5 Å². The smallest absolute Gasteiger partial charge is 0.274 e. The Bertz CT molecular complexity index is 648. The molecule has 2 aliphatic rings. The summed E-state index contributed by atoms with van der Waals surface area (Å²) in [6.45, 7) is 2.25. The average molecular weight is 339 g/mol. The van der Waals surface area contributed by atoms with Crippen molar-refractivity contribution in [2.24, 2.45) is 5.92 Å². The number of anilines is 1. The van der Waals surface area contributed by atoms with E-state index in [1.165, 1.54) is 10.9 Å². The number of nitrogens with two attached hydrogens (primary N) is 1. The number of carbonyl (C=O) groups is 1. The van der Waals surface area contributed by atoms with Crippen molar-refractivity contribution in [3.05, 3.63) is 21.7 Å². The van der Waals surface area contributed by atoms with Gasteiger partial charge < -0.3 is 10.6 Å². The zero-order valence-electron chi connectivity index (χ0n) is 13.4. The van der Waals surface area contributed by atoms with Crippen LogP contribution in [0.4, 0.5) is 5.82 Å². The molecule has 0 spiro atoms. The number of rotatable bonds is 4. The van der Waals surface area contributed by atoms with Crippen molar-refractivity contribution in [1.82, 2.24) is 14.5 Å². The topological polar surface area (TPSA) is 81.2 Å². The van der Waals surface area contributed by atoms with Gasteiger partial charge in [0, 0.05) is 12.1 Å². The fraction of sp³-hybridized carbons (Fsp3) is 0.688. The quantitative estimate of drug-likeness (QED) is 0.911. The van der Waals surface area contributed by atoms with Gasteiger partial charge in [0.15, 0.2) is 0 Å². The van der Waals surface area contributed by atoms with Crippen LogP contribution in [0.2, 0.25) is 5.02 Å². The molecule has 0 atom stereocenters. The first kappa shape index (κ1) is 16.3. The van der Waals surface area contributed by atoms with Gasteiger partial charge in [0.25, 0.3) is 5.56 Å². The number of nitrogens with zero attached hydrogens (tertiary/aromatic N) is 3. The number of hydrogen-bond donors (Lipinski definition) is 1. The number of amides is 1. The van der Waals surface area contributed by atoms with Crippen molar-refractivity contribution in [1.29, 1.82) is 0 Å². The Kier molecular flexibility index (Phi) is 4.62. The van der Waals surface area contributed by atoms with Gasteiger partial charge in [0.05, 0.1) is 0 Å². The third-order valence-electron chi connectivity index (χ3n) is 4.92.